The number of nitrogens with zero attached hydrogens (tertiary/aromatic N) is 1. The maximum atomic E-state index is 11.4. The summed E-state index contributed by atoms with van der Waals surface area (Å²) in [5, 5.41) is 3.27. The zero-order chi connectivity index (χ0) is 18.8. The average Bonchev–Trinajstić information content (AvgIpc) is 2.71. The molecule has 6 nitrogen and oxygen atoms in total. The van der Waals surface area contributed by atoms with Gasteiger partial charge in [-0.1, -0.05) is 17.7 Å². The van der Waals surface area contributed by atoms with Gasteiger partial charge in [-0.3, -0.25) is 4.79 Å². The Kier molecular flexibility index (Phi) is 5.81. The van der Waals surface area contributed by atoms with E-state index in [2.05, 4.69) is 10.3 Å². The number of halogens is 1. The van der Waals surface area contributed by atoms with E-state index in [1.165, 1.54) is 20.2 Å². The number of carbonyl (C=O) groups is 1. The lowest BCUT2D eigenvalue weighted by atomic mass is 9.77. The van der Waals surface area contributed by atoms with Crippen molar-refractivity contribution in [2.24, 2.45) is 0 Å². The van der Waals surface area contributed by atoms with Crippen LogP contribution in [0.1, 0.15) is 40.2 Å². The first-order valence-corrected chi connectivity index (χ1v) is 8.43. The smallest absolute Gasteiger partial charge is 0.481 e. The van der Waals surface area contributed by atoms with Gasteiger partial charge in [0.15, 0.2) is 0 Å². The fourth-order valence-corrected chi connectivity index (χ4v) is 2.51. The monoisotopic (exact) mass is 366 g/mol. The highest BCUT2D eigenvalue weighted by Crippen LogP contribution is 2.39. The van der Waals surface area contributed by atoms with E-state index < -0.39 is 18.3 Å². The van der Waals surface area contributed by atoms with Gasteiger partial charge < -0.3 is 19.4 Å². The molecule has 0 aliphatic carbocycles. The second-order valence-electron chi connectivity index (χ2n) is 6.97. The predicted molar refractivity (Wildman–Crippen MR) is 98.5 cm³/mol. The van der Waals surface area contributed by atoms with Crippen LogP contribution in [0.2, 0.25) is 5.02 Å². The molecule has 1 fully saturated rings. The minimum atomic E-state index is -0.597. The van der Waals surface area contributed by atoms with Crippen LogP contribution in [-0.4, -0.2) is 42.9 Å². The number of hydrogen-bond acceptors (Lipinski definition) is 5. The molecule has 0 spiro atoms. The van der Waals surface area contributed by atoms with E-state index in [0.29, 0.717) is 16.5 Å². The van der Waals surface area contributed by atoms with Crippen LogP contribution in [0, 0.1) is 0 Å². The number of nitrogens with one attached hydrogen (secondary N) is 1. The maximum Gasteiger partial charge on any atom is 0.492 e. The van der Waals surface area contributed by atoms with Gasteiger partial charge in [0.1, 0.15) is 0 Å². The van der Waals surface area contributed by atoms with Crippen molar-refractivity contribution in [1.29, 1.82) is 0 Å². The average molecular weight is 367 g/mol. The fourth-order valence-electron chi connectivity index (χ4n) is 2.34. The lowest BCUT2D eigenvalue weighted by molar-refractivity contribution is -0.118. The quantitative estimate of drug-likeness (QED) is 0.811. The molecule has 25 heavy (non-hydrogen) atoms. The highest BCUT2D eigenvalue weighted by atomic mass is 35.5. The first kappa shape index (κ1) is 19.8. The second kappa shape index (κ2) is 7.36. The molecule has 2 rings (SSSR count). The summed E-state index contributed by atoms with van der Waals surface area (Å²) >= 11 is 6.06. The standard InChI is InChI=1S/C17H24BClN2O4/c1-11(22)20-9-13(18-24-16(2,3)17(4,5)25-18)7-12-8-14(19)10-21-15(12)23-6/h7-8,10H,9H2,1-6H3,(H,20,22). The van der Waals surface area contributed by atoms with Gasteiger partial charge >= 0.3 is 7.12 Å². The maximum absolute atomic E-state index is 11.4. The van der Waals surface area contributed by atoms with Crippen molar-refractivity contribution >= 4 is 30.7 Å². The Labute approximate surface area is 154 Å². The van der Waals surface area contributed by atoms with Crippen LogP contribution in [0.25, 0.3) is 6.08 Å². The van der Waals surface area contributed by atoms with E-state index in [-0.39, 0.29) is 12.5 Å². The summed E-state index contributed by atoms with van der Waals surface area (Å²) in [5.74, 6) is 0.292. The highest BCUT2D eigenvalue weighted by molar-refractivity contribution is 6.56. The molecule has 0 radical (unpaired) electrons. The van der Waals surface area contributed by atoms with Crippen LogP contribution in [0.3, 0.4) is 0 Å². The Hall–Kier alpha value is -1.57. The SMILES string of the molecule is COc1ncc(Cl)cc1C=C(CNC(C)=O)B1OC(C)(C)C(C)(C)O1. The number of hydrogen-bond donors (Lipinski definition) is 1. The first-order chi connectivity index (χ1) is 11.6. The van der Waals surface area contributed by atoms with Gasteiger partial charge in [-0.15, -0.1) is 0 Å². The van der Waals surface area contributed by atoms with E-state index in [0.717, 1.165) is 5.47 Å². The summed E-state index contributed by atoms with van der Waals surface area (Å²) in [6.45, 7) is 9.65. The highest BCUT2D eigenvalue weighted by Gasteiger charge is 2.52. The van der Waals surface area contributed by atoms with Gasteiger partial charge in [0.05, 0.1) is 23.3 Å². The molecule has 1 aliphatic rings. The molecule has 0 saturated carbocycles. The molecular formula is C17H24BClN2O4. The third-order valence-electron chi connectivity index (χ3n) is 4.48. The lowest BCUT2D eigenvalue weighted by Crippen LogP contribution is -2.41. The minimum absolute atomic E-state index is 0.140. The molecule has 1 saturated heterocycles. The van der Waals surface area contributed by atoms with Crippen LogP contribution in [0.5, 0.6) is 5.88 Å². The van der Waals surface area contributed by atoms with Crippen LogP contribution < -0.4 is 10.1 Å². The topological polar surface area (TPSA) is 69.7 Å². The molecule has 1 aromatic heterocycles. The third-order valence-corrected chi connectivity index (χ3v) is 4.68. The number of methoxy groups -OCH3 is 1. The number of rotatable bonds is 5. The molecule has 0 atom stereocenters. The van der Waals surface area contributed by atoms with E-state index >= 15 is 0 Å². The number of amides is 1. The number of pyridine rings is 1. The van der Waals surface area contributed by atoms with Gasteiger partial charge in [-0.25, -0.2) is 4.98 Å². The molecule has 136 valence electrons. The molecule has 1 aliphatic heterocycles. The zero-order valence-electron chi connectivity index (χ0n) is 15.5. The molecule has 1 N–H and O–H groups in total. The van der Waals surface area contributed by atoms with E-state index in [1.807, 2.05) is 33.8 Å². The molecule has 8 heteroatoms. The second-order valence-corrected chi connectivity index (χ2v) is 7.41. The summed E-state index contributed by atoms with van der Waals surface area (Å²) in [7, 11) is 0.941. The van der Waals surface area contributed by atoms with Crippen LogP contribution >= 0.6 is 11.6 Å². The van der Waals surface area contributed by atoms with Crippen molar-refractivity contribution in [3.8, 4) is 5.88 Å². The molecule has 0 aromatic carbocycles. The van der Waals surface area contributed by atoms with Crippen LogP contribution in [0.15, 0.2) is 17.7 Å². The third kappa shape index (κ3) is 4.54. The summed E-state index contributed by atoms with van der Waals surface area (Å²) in [5.41, 5.74) is 0.467. The summed E-state index contributed by atoms with van der Waals surface area (Å²) < 4.78 is 17.5. The van der Waals surface area contributed by atoms with Gasteiger partial charge in [0.25, 0.3) is 0 Å². The molecule has 0 unspecified atom stereocenters. The van der Waals surface area contributed by atoms with Crippen LogP contribution in [-0.2, 0) is 14.1 Å². The van der Waals surface area contributed by atoms with Crippen LogP contribution in [0.4, 0.5) is 0 Å². The largest absolute Gasteiger partial charge is 0.492 e. The Morgan fingerprint density at radius 1 is 1.36 bits per heavy atom. The Morgan fingerprint density at radius 2 is 1.96 bits per heavy atom. The zero-order valence-corrected chi connectivity index (χ0v) is 16.2. The first-order valence-electron chi connectivity index (χ1n) is 8.06. The summed E-state index contributed by atoms with van der Waals surface area (Å²) in [6, 6.07) is 1.74. The van der Waals surface area contributed by atoms with Crippen molar-refractivity contribution in [3.05, 3.63) is 28.3 Å². The van der Waals surface area contributed by atoms with Crippen molar-refractivity contribution in [2.75, 3.05) is 13.7 Å². The van der Waals surface area contributed by atoms with Crippen molar-refractivity contribution < 1.29 is 18.8 Å². The van der Waals surface area contributed by atoms with E-state index in [1.54, 1.807) is 6.07 Å². The van der Waals surface area contributed by atoms with Gasteiger partial charge in [0.2, 0.25) is 11.8 Å². The number of aromatic nitrogens is 1. The molecular weight excluding hydrogens is 342 g/mol. The lowest BCUT2D eigenvalue weighted by Gasteiger charge is -2.32. The Morgan fingerprint density at radius 3 is 2.48 bits per heavy atom. The number of ether oxygens (including phenoxy) is 1. The van der Waals surface area contributed by atoms with Gasteiger partial charge in [0, 0.05) is 25.2 Å². The Balaban J connectivity index is 2.40. The Bertz CT molecular complexity index is 675. The van der Waals surface area contributed by atoms with Crippen molar-refractivity contribution in [3.63, 3.8) is 0 Å². The molecule has 2 heterocycles. The molecule has 0 bridgehead atoms. The predicted octanol–water partition coefficient (Wildman–Crippen LogP) is 2.89. The summed E-state index contributed by atoms with van der Waals surface area (Å²) in [4.78, 5) is 15.5. The number of carbonyl (C=O) groups excluding carboxylic acids is 1. The molecule has 1 amide bonds. The molecule has 1 aromatic rings. The van der Waals surface area contributed by atoms with Gasteiger partial charge in [-0.2, -0.15) is 0 Å². The van der Waals surface area contributed by atoms with Crippen molar-refractivity contribution in [1.82, 2.24) is 10.3 Å². The van der Waals surface area contributed by atoms with Gasteiger partial charge in [-0.05, 0) is 39.2 Å². The van der Waals surface area contributed by atoms with Crippen molar-refractivity contribution in [2.45, 2.75) is 45.8 Å². The summed E-state index contributed by atoms with van der Waals surface area (Å²) in [6.07, 6.45) is 3.34. The normalized spacial score (nSPS) is 19.0. The fraction of sp³-hybridized carbons (Fsp3) is 0.529. The minimum Gasteiger partial charge on any atom is -0.481 e. The van der Waals surface area contributed by atoms with E-state index in [4.69, 9.17) is 25.6 Å². The van der Waals surface area contributed by atoms with E-state index in [9.17, 15) is 4.79 Å².